The van der Waals surface area contributed by atoms with Gasteiger partial charge in [0, 0.05) is 24.2 Å². The van der Waals surface area contributed by atoms with Crippen molar-refractivity contribution in [3.63, 3.8) is 0 Å². The molecule has 1 aromatic heterocycles. The number of alkyl halides is 3. The number of fused-ring (bicyclic) bond motifs is 1. The Hall–Kier alpha value is -2.91. The molecule has 2 heterocycles. The summed E-state index contributed by atoms with van der Waals surface area (Å²) in [5, 5.41) is 4.82. The van der Waals surface area contributed by atoms with Crippen LogP contribution < -0.4 is 21.9 Å². The molecule has 3 aromatic rings. The van der Waals surface area contributed by atoms with E-state index in [2.05, 4.69) is 15.6 Å². The third kappa shape index (κ3) is 7.26. The van der Waals surface area contributed by atoms with Gasteiger partial charge in [-0.1, -0.05) is 30.1 Å². The minimum atomic E-state index is -4.90. The number of amides is 1. The number of H-pyrrole nitrogens is 1. The maximum Gasteiger partial charge on any atom is 0.416 e. The predicted octanol–water partition coefficient (Wildman–Crippen LogP) is 3.16. The molecule has 0 radical (unpaired) electrons. The molecule has 1 saturated heterocycles. The molecule has 4 rings (SSSR count). The molecule has 1 aliphatic heterocycles. The first kappa shape index (κ1) is 33.0. The average molecular weight is 665 g/mol. The first-order chi connectivity index (χ1) is 20.2. The van der Waals surface area contributed by atoms with Crippen LogP contribution >= 0.6 is 23.2 Å². The number of nitrogens with one attached hydrogen (secondary N) is 3. The third-order valence-electron chi connectivity index (χ3n) is 7.28. The number of hydrogen-bond donors (Lipinski definition) is 3. The number of carbonyl (C=O) groups excluding carboxylic acids is 1. The highest BCUT2D eigenvalue weighted by molar-refractivity contribution is 7.91. The Kier molecular flexibility index (Phi) is 9.96. The number of carbonyl (C=O) groups is 1. The monoisotopic (exact) mass is 663 g/mol. The Morgan fingerprint density at radius 3 is 2.53 bits per heavy atom. The SMILES string of the molecule is CCS(=O)(=O)c1ccc(Cl)cc1Cn1c(=O)[nH]c2c(Cl)c(CN3CCC[C@H](NC(=O)CNC)C3)c(C(F)(F)F)cc2c1=O. The summed E-state index contributed by atoms with van der Waals surface area (Å²) < 4.78 is 69.0. The Balaban J connectivity index is 1.78. The molecule has 1 fully saturated rings. The molecule has 0 aliphatic carbocycles. The fraction of sp³-hybridized carbons (Fsp3) is 0.444. The lowest BCUT2D eigenvalue weighted by molar-refractivity contribution is -0.138. The highest BCUT2D eigenvalue weighted by Gasteiger charge is 2.37. The van der Waals surface area contributed by atoms with Gasteiger partial charge in [-0.25, -0.2) is 13.2 Å². The Labute approximate surface area is 255 Å². The lowest BCUT2D eigenvalue weighted by Gasteiger charge is -2.34. The maximum absolute atomic E-state index is 14.4. The second-order valence-corrected chi connectivity index (χ2v) is 13.3. The van der Waals surface area contributed by atoms with Crippen LogP contribution in [0.2, 0.25) is 10.0 Å². The number of sulfone groups is 1. The van der Waals surface area contributed by atoms with E-state index in [1.54, 1.807) is 11.9 Å². The van der Waals surface area contributed by atoms with E-state index >= 15 is 0 Å². The molecular formula is C27H30Cl2F3N5O5S. The molecule has 2 aromatic carbocycles. The fourth-order valence-corrected chi connectivity index (χ4v) is 6.84. The first-order valence-corrected chi connectivity index (χ1v) is 15.8. The molecule has 234 valence electrons. The van der Waals surface area contributed by atoms with Crippen LogP contribution in [0.5, 0.6) is 0 Å². The standard InChI is InChI=1S/C27H30Cl2F3N5O5S/c1-3-43(41,42)21-7-6-16(28)9-15(21)12-37-25(39)18-10-20(27(30,31)32)19(23(29)24(18)35-26(37)40)14-36-8-4-5-17(13-36)34-22(38)11-33-2/h6-7,9-10,17,33H,3-5,8,11-14H2,1-2H3,(H,34,38)(H,35,40)/t17-/m0/s1. The van der Waals surface area contributed by atoms with Gasteiger partial charge in [0.25, 0.3) is 5.56 Å². The molecule has 0 unspecified atom stereocenters. The van der Waals surface area contributed by atoms with E-state index in [0.717, 1.165) is 0 Å². The van der Waals surface area contributed by atoms with E-state index in [9.17, 15) is 36.0 Å². The molecule has 0 bridgehead atoms. The number of aromatic nitrogens is 2. The maximum atomic E-state index is 14.4. The lowest BCUT2D eigenvalue weighted by Crippen LogP contribution is -2.49. The largest absolute Gasteiger partial charge is 0.416 e. The van der Waals surface area contributed by atoms with Crippen molar-refractivity contribution in [2.24, 2.45) is 0 Å². The lowest BCUT2D eigenvalue weighted by atomic mass is 10.0. The van der Waals surface area contributed by atoms with Crippen LogP contribution in [0.1, 0.15) is 36.5 Å². The Bertz CT molecular complexity index is 1780. The van der Waals surface area contributed by atoms with Gasteiger partial charge in [0.05, 0.1) is 45.2 Å². The van der Waals surface area contributed by atoms with Crippen LogP contribution in [0.4, 0.5) is 13.2 Å². The van der Waals surface area contributed by atoms with Gasteiger partial charge < -0.3 is 15.6 Å². The number of likely N-dealkylation sites (N-methyl/N-ethyl adjacent to an activating group) is 1. The van der Waals surface area contributed by atoms with Crippen LogP contribution in [-0.4, -0.2) is 67.3 Å². The van der Waals surface area contributed by atoms with Crippen LogP contribution in [-0.2, 0) is 33.9 Å². The number of aromatic amines is 1. The van der Waals surface area contributed by atoms with Crippen molar-refractivity contribution in [2.45, 2.75) is 50.0 Å². The van der Waals surface area contributed by atoms with Crippen molar-refractivity contribution in [2.75, 3.05) is 32.4 Å². The van der Waals surface area contributed by atoms with Gasteiger partial charge >= 0.3 is 11.9 Å². The van der Waals surface area contributed by atoms with Gasteiger partial charge in [0.1, 0.15) is 0 Å². The summed E-state index contributed by atoms with van der Waals surface area (Å²) >= 11 is 12.5. The molecule has 0 saturated carbocycles. The molecule has 1 amide bonds. The quantitative estimate of drug-likeness (QED) is 0.320. The van der Waals surface area contributed by atoms with E-state index in [1.807, 2.05) is 0 Å². The highest BCUT2D eigenvalue weighted by Crippen LogP contribution is 2.39. The number of halogens is 5. The summed E-state index contributed by atoms with van der Waals surface area (Å²) in [5.74, 6) is -0.502. The Morgan fingerprint density at radius 2 is 1.88 bits per heavy atom. The second kappa shape index (κ2) is 13.0. The van der Waals surface area contributed by atoms with E-state index in [1.165, 1.54) is 25.1 Å². The van der Waals surface area contributed by atoms with Crippen LogP contribution in [0.25, 0.3) is 10.9 Å². The zero-order chi connectivity index (χ0) is 31.7. The third-order valence-corrected chi connectivity index (χ3v) is 9.76. The zero-order valence-electron chi connectivity index (χ0n) is 23.3. The fourth-order valence-electron chi connectivity index (χ4n) is 5.23. The summed E-state index contributed by atoms with van der Waals surface area (Å²) in [4.78, 5) is 42.6. The zero-order valence-corrected chi connectivity index (χ0v) is 25.6. The Morgan fingerprint density at radius 1 is 1.16 bits per heavy atom. The molecule has 43 heavy (non-hydrogen) atoms. The molecule has 3 N–H and O–H groups in total. The molecular weight excluding hydrogens is 634 g/mol. The molecule has 0 spiro atoms. The topological polar surface area (TPSA) is 133 Å². The molecule has 1 atom stereocenters. The van der Waals surface area contributed by atoms with Crippen molar-refractivity contribution in [1.29, 1.82) is 0 Å². The van der Waals surface area contributed by atoms with E-state index in [-0.39, 0.29) is 63.9 Å². The number of hydrogen-bond acceptors (Lipinski definition) is 7. The summed E-state index contributed by atoms with van der Waals surface area (Å²) in [6.07, 6.45) is -3.62. The van der Waals surface area contributed by atoms with E-state index < -0.39 is 49.8 Å². The first-order valence-electron chi connectivity index (χ1n) is 13.4. The predicted molar refractivity (Wildman–Crippen MR) is 157 cm³/mol. The van der Waals surface area contributed by atoms with Gasteiger partial charge in [-0.15, -0.1) is 0 Å². The van der Waals surface area contributed by atoms with Gasteiger partial charge in [0.2, 0.25) is 5.91 Å². The van der Waals surface area contributed by atoms with Gasteiger partial charge in [0.15, 0.2) is 9.84 Å². The minimum Gasteiger partial charge on any atom is -0.351 e. The smallest absolute Gasteiger partial charge is 0.351 e. The van der Waals surface area contributed by atoms with Gasteiger partial charge in [-0.05, 0) is 61.8 Å². The van der Waals surface area contributed by atoms with E-state index in [0.29, 0.717) is 30.0 Å². The number of likely N-dealkylation sites (tertiary alicyclic amines) is 1. The minimum absolute atomic E-state index is 0.0292. The van der Waals surface area contributed by atoms with Crippen molar-refractivity contribution >= 4 is 49.8 Å². The number of benzene rings is 2. The second-order valence-electron chi connectivity index (χ2n) is 10.3. The molecule has 10 nitrogen and oxygen atoms in total. The van der Waals surface area contributed by atoms with Crippen LogP contribution in [0, 0.1) is 0 Å². The van der Waals surface area contributed by atoms with Gasteiger partial charge in [-0.2, -0.15) is 13.2 Å². The number of rotatable bonds is 9. The van der Waals surface area contributed by atoms with Crippen molar-refractivity contribution in [3.05, 3.63) is 71.8 Å². The summed E-state index contributed by atoms with van der Waals surface area (Å²) in [7, 11) is -2.16. The summed E-state index contributed by atoms with van der Waals surface area (Å²) in [5.41, 5.74) is -3.76. The van der Waals surface area contributed by atoms with E-state index in [4.69, 9.17) is 23.2 Å². The molecule has 1 aliphatic rings. The van der Waals surface area contributed by atoms with Crippen LogP contribution in [0.3, 0.4) is 0 Å². The summed E-state index contributed by atoms with van der Waals surface area (Å²) in [6, 6.07) is 4.26. The normalized spacial score (nSPS) is 16.5. The molecule has 16 heteroatoms. The number of piperidine rings is 1. The van der Waals surface area contributed by atoms with Crippen molar-refractivity contribution < 1.29 is 26.4 Å². The van der Waals surface area contributed by atoms with Crippen LogP contribution in [0.15, 0.2) is 38.8 Å². The van der Waals surface area contributed by atoms with Crippen molar-refractivity contribution in [1.82, 2.24) is 25.1 Å². The summed E-state index contributed by atoms with van der Waals surface area (Å²) in [6.45, 7) is 1.45. The van der Waals surface area contributed by atoms with Gasteiger partial charge in [-0.3, -0.25) is 19.1 Å². The number of nitrogens with zero attached hydrogens (tertiary/aromatic N) is 2. The highest BCUT2D eigenvalue weighted by atomic mass is 35.5. The average Bonchev–Trinajstić information content (AvgIpc) is 2.92. The van der Waals surface area contributed by atoms with Crippen molar-refractivity contribution in [3.8, 4) is 0 Å².